The first-order chi connectivity index (χ1) is 25.1. The van der Waals surface area contributed by atoms with E-state index in [1.54, 1.807) is 0 Å². The molecule has 0 spiro atoms. The summed E-state index contributed by atoms with van der Waals surface area (Å²) in [5, 5.41) is 6.84. The van der Waals surface area contributed by atoms with Crippen molar-refractivity contribution in [3.63, 3.8) is 0 Å². The third kappa shape index (κ3) is 8.19. The number of allylic oxidation sites excluding steroid dienone is 16. The Morgan fingerprint density at radius 1 is 0.558 bits per heavy atom. The summed E-state index contributed by atoms with van der Waals surface area (Å²) in [4.78, 5) is 0. The van der Waals surface area contributed by atoms with E-state index in [9.17, 15) is 0 Å². The fraction of sp³-hybridized carbons (Fsp3) is 0.174. The molecule has 0 saturated heterocycles. The Morgan fingerprint density at radius 3 is 1.33 bits per heavy atom. The van der Waals surface area contributed by atoms with Crippen LogP contribution in [0.4, 0.5) is 0 Å². The van der Waals surface area contributed by atoms with Gasteiger partial charge in [0.25, 0.3) is 0 Å². The van der Waals surface area contributed by atoms with Crippen LogP contribution in [0.2, 0.25) is 13.1 Å². The maximum atomic E-state index is 6.49. The van der Waals surface area contributed by atoms with Crippen molar-refractivity contribution >= 4 is 67.4 Å². The van der Waals surface area contributed by atoms with Crippen LogP contribution >= 0.6 is 40.4 Å². The van der Waals surface area contributed by atoms with Crippen molar-refractivity contribution < 1.29 is 17.7 Å². The first-order valence-corrected chi connectivity index (χ1v) is 35.3. The summed E-state index contributed by atoms with van der Waals surface area (Å²) in [6.45, 7) is 8.84. The van der Waals surface area contributed by atoms with Crippen LogP contribution in [0.3, 0.4) is 0 Å². The van der Waals surface area contributed by atoms with E-state index < -0.39 is 17.7 Å². The van der Waals surface area contributed by atoms with Crippen LogP contribution < -0.4 is 0 Å². The summed E-state index contributed by atoms with van der Waals surface area (Å²) in [7, 11) is 11.3. The van der Waals surface area contributed by atoms with Crippen LogP contribution in [0.1, 0.15) is 37.8 Å². The molecule has 0 aliphatic heterocycles. The summed E-state index contributed by atoms with van der Waals surface area (Å²) in [6, 6.07) is 30.4. The van der Waals surface area contributed by atoms with E-state index in [1.165, 1.54) is 43.8 Å². The van der Waals surface area contributed by atoms with Gasteiger partial charge < -0.3 is 0 Å². The molecule has 2 unspecified atom stereocenters. The molecule has 0 aromatic heterocycles. The molecule has 0 heterocycles. The second-order valence-electron chi connectivity index (χ2n) is 13.5. The normalized spacial score (nSPS) is 21.1. The topological polar surface area (TPSA) is 0 Å². The zero-order chi connectivity index (χ0) is 36.9. The molecule has 0 fully saturated rings. The van der Waals surface area contributed by atoms with E-state index in [0.717, 1.165) is 34.7 Å². The third-order valence-corrected chi connectivity index (χ3v) is 38.3. The minimum absolute atomic E-state index is 0.0960. The Bertz CT molecular complexity index is 2090. The Morgan fingerprint density at radius 2 is 0.942 bits per heavy atom. The quantitative estimate of drug-likeness (QED) is 0.141. The van der Waals surface area contributed by atoms with Gasteiger partial charge in [-0.05, 0) is 67.1 Å². The van der Waals surface area contributed by atoms with E-state index in [4.69, 9.17) is 40.4 Å². The third-order valence-electron chi connectivity index (χ3n) is 10.2. The van der Waals surface area contributed by atoms with Crippen molar-refractivity contribution in [2.24, 2.45) is 0 Å². The van der Waals surface area contributed by atoms with Gasteiger partial charge in [0, 0.05) is 0 Å². The van der Waals surface area contributed by atoms with Crippen LogP contribution in [0.5, 0.6) is 0 Å². The van der Waals surface area contributed by atoms with Crippen LogP contribution in [-0.2, 0) is 28.5 Å². The van der Waals surface area contributed by atoms with Gasteiger partial charge >= 0.3 is 53.4 Å². The fourth-order valence-corrected chi connectivity index (χ4v) is 7.78. The maximum absolute atomic E-state index is 6.49. The van der Waals surface area contributed by atoms with Gasteiger partial charge in [-0.3, -0.25) is 0 Å². The molecule has 4 aromatic rings. The number of hydrogen-bond acceptors (Lipinski definition) is 0. The van der Waals surface area contributed by atoms with Gasteiger partial charge in [0.1, 0.15) is 0 Å². The summed E-state index contributed by atoms with van der Waals surface area (Å²) in [6.07, 6.45) is 27.8. The number of rotatable bonds is 4. The number of benzene rings is 4. The van der Waals surface area contributed by atoms with E-state index in [2.05, 4.69) is 160 Å². The molecular weight excluding hydrogens is 901 g/mol. The second kappa shape index (κ2) is 17.2. The van der Waals surface area contributed by atoms with Gasteiger partial charge in [-0.15, -0.1) is 118 Å². The van der Waals surface area contributed by atoms with Crippen molar-refractivity contribution in [2.45, 2.75) is 50.6 Å². The Kier molecular flexibility index (Phi) is 12.9. The molecule has 2 atom stereocenters. The zero-order valence-electron chi connectivity index (χ0n) is 29.9. The van der Waals surface area contributed by atoms with Gasteiger partial charge in [-0.2, -0.15) is 0 Å². The Balaban J connectivity index is 0.000000155. The van der Waals surface area contributed by atoms with E-state index in [-0.39, 0.29) is 16.3 Å². The van der Waals surface area contributed by atoms with E-state index >= 15 is 0 Å². The fourth-order valence-electron chi connectivity index (χ4n) is 7.31. The predicted molar refractivity (Wildman–Crippen MR) is 228 cm³/mol. The van der Waals surface area contributed by atoms with E-state index in [1.807, 2.05) is 24.3 Å². The van der Waals surface area contributed by atoms with Crippen molar-refractivity contribution in [1.29, 1.82) is 0 Å². The van der Waals surface area contributed by atoms with Gasteiger partial charge in [-0.25, -0.2) is 0 Å². The number of hydrogen-bond donors (Lipinski definition) is 0. The van der Waals surface area contributed by atoms with Crippen LogP contribution in [-0.4, -0.2) is 5.49 Å². The van der Waals surface area contributed by atoms with Crippen molar-refractivity contribution in [2.75, 3.05) is 0 Å². The van der Waals surface area contributed by atoms with Gasteiger partial charge in [0.2, 0.25) is 0 Å². The molecule has 0 bridgehead atoms. The molecule has 8 rings (SSSR count). The van der Waals surface area contributed by atoms with Crippen LogP contribution in [0.15, 0.2) is 180 Å². The van der Waals surface area contributed by atoms with Crippen LogP contribution in [0, 0.1) is 10.8 Å². The summed E-state index contributed by atoms with van der Waals surface area (Å²) >= 11 is 11.2. The Labute approximate surface area is 334 Å². The van der Waals surface area contributed by atoms with Crippen LogP contribution in [0.25, 0.3) is 21.5 Å². The summed E-state index contributed by atoms with van der Waals surface area (Å²) in [5.74, 6) is 0. The summed E-state index contributed by atoms with van der Waals surface area (Å²) < 4.78 is 0. The predicted octanol–water partition coefficient (Wildman–Crippen LogP) is 14.7. The minimum atomic E-state index is -1.78. The Hall–Kier alpha value is -2.69. The number of halogens is 4. The molecule has 4 aromatic carbocycles. The van der Waals surface area contributed by atoms with Gasteiger partial charge in [0.15, 0.2) is 0 Å². The average molecular weight is 943 g/mol. The molecule has 264 valence electrons. The van der Waals surface area contributed by atoms with Gasteiger partial charge in [0.05, 0.1) is 0 Å². The summed E-state index contributed by atoms with van der Waals surface area (Å²) in [5.41, 5.74) is 7.03. The second-order valence-corrected chi connectivity index (χ2v) is 46.1. The molecule has 4 aliphatic rings. The SMILES string of the molecule is CCC1(c2cccc3ccccc23)C=C2C=CC=C[C-](Cl)C2=C1.CCC1(c2cccc3ccccc23)C=C2C=CC=C[C-](Cl)C2=C1.C[Si](C)=[Hf]([Cl])[Cl]. The monoisotopic (exact) mass is 942 g/mol. The zero-order valence-corrected chi connectivity index (χ0v) is 37.6. The van der Waals surface area contributed by atoms with Gasteiger partial charge in [-0.1, -0.05) is 98.8 Å². The van der Waals surface area contributed by atoms with Crippen molar-refractivity contribution in [3.8, 4) is 0 Å². The van der Waals surface area contributed by atoms with Crippen molar-refractivity contribution in [1.82, 2.24) is 0 Å². The molecule has 0 N–H and O–H groups in total. The molecular formula is C46H42Cl4HfSi-2. The molecule has 0 saturated carbocycles. The standard InChI is InChI=1S/2C22H18Cl.C2H6Si.2ClH.Hf/c2*1-2-22(14-17-9-4-6-13-21(23)19(17)15-22)20-12-7-10-16-8-3-5-11-18(16)20;1-3-2;;;/h2*3-15H,2H2,1H3;1-2H3;2*1H;/q2*-1;;;;+2/p-2. The average Bonchev–Trinajstić information content (AvgIpc) is 3.64. The molecule has 0 amide bonds. The van der Waals surface area contributed by atoms with E-state index in [0.29, 0.717) is 0 Å². The molecule has 4 aliphatic carbocycles. The van der Waals surface area contributed by atoms with Crippen molar-refractivity contribution in [3.05, 3.63) is 202 Å². The molecule has 0 nitrogen and oxygen atoms in total. The molecule has 0 radical (unpaired) electrons. The molecule has 6 heteroatoms. The first-order valence-electron chi connectivity index (χ1n) is 17.7. The number of fused-ring (bicyclic) bond motifs is 4. The first kappa shape index (κ1) is 39.0. The molecule has 52 heavy (non-hydrogen) atoms.